The number of benzene rings is 1. The van der Waals surface area contributed by atoms with E-state index in [2.05, 4.69) is 10.6 Å². The van der Waals surface area contributed by atoms with Crippen molar-refractivity contribution < 1.29 is 18.0 Å². The van der Waals surface area contributed by atoms with Gasteiger partial charge >= 0.3 is 0 Å². The maximum absolute atomic E-state index is 12.8. The van der Waals surface area contributed by atoms with E-state index in [1.165, 1.54) is 23.4 Å². The van der Waals surface area contributed by atoms with Crippen LogP contribution >= 0.6 is 0 Å². The second-order valence-corrected chi connectivity index (χ2v) is 9.07. The number of nitrogens with zero attached hydrogens (tertiary/aromatic N) is 1. The molecule has 1 fully saturated rings. The lowest BCUT2D eigenvalue weighted by Gasteiger charge is -2.31. The van der Waals surface area contributed by atoms with Gasteiger partial charge in [0.15, 0.2) is 0 Å². The molecule has 2 rings (SSSR count). The first-order chi connectivity index (χ1) is 12.7. The molecule has 8 heteroatoms. The van der Waals surface area contributed by atoms with Crippen LogP contribution in [0.4, 0.5) is 5.69 Å². The number of anilines is 1. The van der Waals surface area contributed by atoms with Gasteiger partial charge in [-0.2, -0.15) is 4.31 Å². The summed E-state index contributed by atoms with van der Waals surface area (Å²) in [6.45, 7) is 6.23. The molecule has 7 nitrogen and oxygen atoms in total. The molecule has 0 unspecified atom stereocenters. The van der Waals surface area contributed by atoms with Gasteiger partial charge in [-0.05, 0) is 56.4 Å². The van der Waals surface area contributed by atoms with Crippen molar-refractivity contribution in [3.63, 3.8) is 0 Å². The van der Waals surface area contributed by atoms with Crippen molar-refractivity contribution in [3.05, 3.63) is 24.3 Å². The van der Waals surface area contributed by atoms with E-state index in [0.717, 1.165) is 6.42 Å². The predicted octanol–water partition coefficient (Wildman–Crippen LogP) is 2.35. The molecule has 1 aromatic carbocycles. The van der Waals surface area contributed by atoms with E-state index in [1.807, 2.05) is 13.8 Å². The first kappa shape index (κ1) is 21.4. The van der Waals surface area contributed by atoms with Gasteiger partial charge in [0.05, 0.1) is 4.90 Å². The van der Waals surface area contributed by atoms with Crippen molar-refractivity contribution in [1.82, 2.24) is 9.62 Å². The van der Waals surface area contributed by atoms with Crippen molar-refractivity contribution in [1.29, 1.82) is 0 Å². The number of piperidine rings is 1. The van der Waals surface area contributed by atoms with Gasteiger partial charge in [-0.1, -0.05) is 6.92 Å². The lowest BCUT2D eigenvalue weighted by Crippen LogP contribution is -2.40. The molecule has 0 aliphatic carbocycles. The molecule has 1 aliphatic heterocycles. The van der Waals surface area contributed by atoms with Crippen LogP contribution < -0.4 is 10.6 Å². The van der Waals surface area contributed by atoms with E-state index < -0.39 is 10.0 Å². The van der Waals surface area contributed by atoms with Crippen molar-refractivity contribution in [2.45, 2.75) is 57.4 Å². The van der Waals surface area contributed by atoms with Crippen molar-refractivity contribution in [2.24, 2.45) is 5.92 Å². The highest BCUT2D eigenvalue weighted by Crippen LogP contribution is 2.26. The standard InChI is InChI=1S/C19H29N3O4S/c1-4-14(2)20-19(24)13-16-9-11-22(12-10-16)27(25,26)18-7-5-17(6-8-18)21-15(3)23/h5-8,14,16H,4,9-13H2,1-3H3,(H,20,24)(H,21,23)/t14-/m0/s1. The maximum atomic E-state index is 12.8. The SMILES string of the molecule is CC[C@H](C)NC(=O)CC1CCN(S(=O)(=O)c2ccc(NC(C)=O)cc2)CC1. The number of rotatable bonds is 7. The Balaban J connectivity index is 1.92. The third-order valence-electron chi connectivity index (χ3n) is 4.88. The molecular weight excluding hydrogens is 366 g/mol. The zero-order chi connectivity index (χ0) is 20.0. The Kier molecular flexibility index (Phi) is 7.38. The summed E-state index contributed by atoms with van der Waals surface area (Å²) in [6.07, 6.45) is 2.70. The summed E-state index contributed by atoms with van der Waals surface area (Å²) in [4.78, 5) is 23.3. The van der Waals surface area contributed by atoms with Gasteiger partial charge in [-0.3, -0.25) is 9.59 Å². The van der Waals surface area contributed by atoms with E-state index in [9.17, 15) is 18.0 Å². The Morgan fingerprint density at radius 2 is 1.78 bits per heavy atom. The monoisotopic (exact) mass is 395 g/mol. The molecule has 1 aliphatic rings. The summed E-state index contributed by atoms with van der Waals surface area (Å²) < 4.78 is 27.1. The minimum Gasteiger partial charge on any atom is -0.354 e. The molecule has 2 amide bonds. The van der Waals surface area contributed by atoms with Crippen LogP contribution in [0, 0.1) is 5.92 Å². The Bertz CT molecular complexity index is 754. The van der Waals surface area contributed by atoms with Crippen LogP contribution in [0.3, 0.4) is 0 Å². The van der Waals surface area contributed by atoms with Crippen LogP contribution in [0.25, 0.3) is 0 Å². The third kappa shape index (κ3) is 6.04. The van der Waals surface area contributed by atoms with Gasteiger partial charge in [0, 0.05) is 38.2 Å². The van der Waals surface area contributed by atoms with Crippen molar-refractivity contribution >= 4 is 27.5 Å². The molecule has 1 saturated heterocycles. The number of amides is 2. The number of sulfonamides is 1. The van der Waals surface area contributed by atoms with Gasteiger partial charge in [-0.25, -0.2) is 8.42 Å². The highest BCUT2D eigenvalue weighted by atomic mass is 32.2. The van der Waals surface area contributed by atoms with Crippen LogP contribution in [-0.4, -0.2) is 43.7 Å². The van der Waals surface area contributed by atoms with Crippen LogP contribution in [0.5, 0.6) is 0 Å². The molecule has 0 radical (unpaired) electrons. The predicted molar refractivity (Wildman–Crippen MR) is 105 cm³/mol. The second-order valence-electron chi connectivity index (χ2n) is 7.13. The lowest BCUT2D eigenvalue weighted by atomic mass is 9.94. The molecule has 0 spiro atoms. The van der Waals surface area contributed by atoms with Gasteiger partial charge < -0.3 is 10.6 Å². The van der Waals surface area contributed by atoms with Crippen LogP contribution in [0.15, 0.2) is 29.2 Å². The normalized spacial score (nSPS) is 17.3. The van der Waals surface area contributed by atoms with E-state index in [1.54, 1.807) is 12.1 Å². The fourth-order valence-electron chi connectivity index (χ4n) is 3.11. The maximum Gasteiger partial charge on any atom is 0.243 e. The zero-order valence-corrected chi connectivity index (χ0v) is 17.0. The van der Waals surface area contributed by atoms with Crippen LogP contribution in [-0.2, 0) is 19.6 Å². The number of hydrogen-bond donors (Lipinski definition) is 2. The molecule has 27 heavy (non-hydrogen) atoms. The minimum absolute atomic E-state index is 0.0409. The Hall–Kier alpha value is -1.93. The zero-order valence-electron chi connectivity index (χ0n) is 16.2. The Morgan fingerprint density at radius 1 is 1.19 bits per heavy atom. The van der Waals surface area contributed by atoms with Gasteiger partial charge in [0.25, 0.3) is 0 Å². The quantitative estimate of drug-likeness (QED) is 0.741. The summed E-state index contributed by atoms with van der Waals surface area (Å²) in [5.41, 5.74) is 0.562. The number of nitrogens with one attached hydrogen (secondary N) is 2. The summed E-state index contributed by atoms with van der Waals surface area (Å²) >= 11 is 0. The van der Waals surface area contributed by atoms with Gasteiger partial charge in [0.1, 0.15) is 0 Å². The van der Waals surface area contributed by atoms with E-state index in [4.69, 9.17) is 0 Å². The van der Waals surface area contributed by atoms with Crippen LogP contribution in [0.1, 0.15) is 46.5 Å². The summed E-state index contributed by atoms with van der Waals surface area (Å²) in [7, 11) is -3.56. The van der Waals surface area contributed by atoms with Crippen molar-refractivity contribution in [2.75, 3.05) is 18.4 Å². The smallest absolute Gasteiger partial charge is 0.243 e. The molecule has 1 atom stereocenters. The highest BCUT2D eigenvalue weighted by molar-refractivity contribution is 7.89. The fraction of sp³-hybridized carbons (Fsp3) is 0.579. The third-order valence-corrected chi connectivity index (χ3v) is 6.79. The molecular formula is C19H29N3O4S. The summed E-state index contributed by atoms with van der Waals surface area (Å²) in [5.74, 6) is 0.0481. The largest absolute Gasteiger partial charge is 0.354 e. The lowest BCUT2D eigenvalue weighted by molar-refractivity contribution is -0.123. The van der Waals surface area contributed by atoms with Gasteiger partial charge in [-0.15, -0.1) is 0 Å². The van der Waals surface area contributed by atoms with Crippen LogP contribution in [0.2, 0.25) is 0 Å². The fourth-order valence-corrected chi connectivity index (χ4v) is 4.58. The summed E-state index contributed by atoms with van der Waals surface area (Å²) in [6, 6.07) is 6.34. The number of carbonyl (C=O) groups is 2. The first-order valence-corrected chi connectivity index (χ1v) is 10.8. The number of hydrogen-bond acceptors (Lipinski definition) is 4. The number of carbonyl (C=O) groups excluding carboxylic acids is 2. The summed E-state index contributed by atoms with van der Waals surface area (Å²) in [5, 5.41) is 5.58. The molecule has 1 aromatic rings. The molecule has 150 valence electrons. The second kappa shape index (κ2) is 9.32. The minimum atomic E-state index is -3.56. The topological polar surface area (TPSA) is 95.6 Å². The first-order valence-electron chi connectivity index (χ1n) is 9.39. The van der Waals surface area contributed by atoms with Gasteiger partial charge in [0.2, 0.25) is 21.8 Å². The molecule has 0 bridgehead atoms. The molecule has 0 aromatic heterocycles. The van der Waals surface area contributed by atoms with Crippen molar-refractivity contribution in [3.8, 4) is 0 Å². The Morgan fingerprint density at radius 3 is 2.30 bits per heavy atom. The Labute approximate surface area is 161 Å². The average molecular weight is 396 g/mol. The molecule has 0 saturated carbocycles. The average Bonchev–Trinajstić information content (AvgIpc) is 2.62. The molecule has 2 N–H and O–H groups in total. The highest BCUT2D eigenvalue weighted by Gasteiger charge is 2.30. The van der Waals surface area contributed by atoms with E-state index in [0.29, 0.717) is 38.0 Å². The van der Waals surface area contributed by atoms with E-state index >= 15 is 0 Å². The van der Waals surface area contributed by atoms with E-state index in [-0.39, 0.29) is 28.7 Å². The molecule has 1 heterocycles.